The number of aliphatic hydroxyl groups is 1. The Morgan fingerprint density at radius 1 is 0.938 bits per heavy atom. The molecule has 1 amide bonds. The molecule has 2 aromatic heterocycles. The number of carbonyl (C=O) groups is 2. The number of methoxy groups -OCH3 is 2. The summed E-state index contributed by atoms with van der Waals surface area (Å²) in [6, 6.07) is 25.2. The maximum atomic E-state index is 14.2. The van der Waals surface area contributed by atoms with Gasteiger partial charge in [0.05, 0.1) is 32.4 Å². The molecule has 242 valence electrons. The van der Waals surface area contributed by atoms with Gasteiger partial charge in [-0.2, -0.15) is 0 Å². The summed E-state index contributed by atoms with van der Waals surface area (Å²) >= 11 is 2.69. The Morgan fingerprint density at radius 2 is 1.71 bits per heavy atom. The van der Waals surface area contributed by atoms with Crippen LogP contribution in [0, 0.1) is 0 Å². The standard InChI is InChI=1S/C36H29N3O7S2/c1-4-45-25-16-15-21(17-27(25)44-3)30-29(31(40)28-18-22-11-8-14-26(43-2)33(22)46-28)32(41)34(42)39(30)35-37-38-36(48-35)47-19-23-12-7-10-20-9-5-6-13-24(20)23/h5-18,30,41H,4,19H2,1-3H3. The minimum absolute atomic E-state index is 0.0582. The molecule has 3 heterocycles. The van der Waals surface area contributed by atoms with Gasteiger partial charge in [0.15, 0.2) is 38.7 Å². The van der Waals surface area contributed by atoms with E-state index in [0.717, 1.165) is 16.3 Å². The van der Waals surface area contributed by atoms with Gasteiger partial charge in [-0.05, 0) is 53.1 Å². The molecule has 0 spiro atoms. The Morgan fingerprint density at radius 3 is 2.52 bits per heavy atom. The van der Waals surface area contributed by atoms with Crippen LogP contribution in [0.25, 0.3) is 21.7 Å². The molecule has 6 aromatic rings. The van der Waals surface area contributed by atoms with E-state index in [2.05, 4.69) is 34.5 Å². The van der Waals surface area contributed by atoms with E-state index in [1.807, 2.05) is 25.1 Å². The van der Waals surface area contributed by atoms with Gasteiger partial charge in [-0.1, -0.05) is 83.8 Å². The summed E-state index contributed by atoms with van der Waals surface area (Å²) in [5.74, 6) is -0.232. The first kappa shape index (κ1) is 31.3. The summed E-state index contributed by atoms with van der Waals surface area (Å²) in [7, 11) is 3.01. The molecule has 1 aliphatic rings. The molecule has 0 fully saturated rings. The number of carbonyl (C=O) groups excluding carboxylic acids is 2. The maximum Gasteiger partial charge on any atom is 0.296 e. The molecule has 0 bridgehead atoms. The van der Waals surface area contributed by atoms with Gasteiger partial charge in [0.25, 0.3) is 5.91 Å². The van der Waals surface area contributed by atoms with Crippen LogP contribution in [0.1, 0.15) is 34.6 Å². The van der Waals surface area contributed by atoms with Crippen LogP contribution in [0.15, 0.2) is 105 Å². The van der Waals surface area contributed by atoms with Crippen molar-refractivity contribution >= 4 is 61.7 Å². The van der Waals surface area contributed by atoms with E-state index < -0.39 is 23.5 Å². The summed E-state index contributed by atoms with van der Waals surface area (Å²) in [4.78, 5) is 29.4. The number of para-hydroxylation sites is 1. The smallest absolute Gasteiger partial charge is 0.296 e. The summed E-state index contributed by atoms with van der Waals surface area (Å²) < 4.78 is 23.3. The highest BCUT2D eigenvalue weighted by molar-refractivity contribution is 8.00. The topological polar surface area (TPSA) is 124 Å². The average molecular weight is 680 g/mol. The van der Waals surface area contributed by atoms with Crippen molar-refractivity contribution in [2.75, 3.05) is 25.7 Å². The number of aliphatic hydroxyl groups excluding tert-OH is 1. The van der Waals surface area contributed by atoms with Crippen molar-refractivity contribution in [3.63, 3.8) is 0 Å². The van der Waals surface area contributed by atoms with Gasteiger partial charge in [-0.15, -0.1) is 10.2 Å². The van der Waals surface area contributed by atoms with Crippen molar-refractivity contribution in [1.82, 2.24) is 10.2 Å². The molecule has 1 N–H and O–H groups in total. The van der Waals surface area contributed by atoms with Crippen molar-refractivity contribution in [2.24, 2.45) is 0 Å². The number of thioether (sulfide) groups is 1. The fraction of sp³-hybridized carbons (Fsp3) is 0.167. The second-order valence-corrected chi connectivity index (χ2v) is 13.0. The van der Waals surface area contributed by atoms with Crippen molar-refractivity contribution in [3.05, 3.63) is 113 Å². The number of hydrogen-bond acceptors (Lipinski definition) is 11. The van der Waals surface area contributed by atoms with Crippen LogP contribution in [-0.2, 0) is 10.5 Å². The number of fused-ring (bicyclic) bond motifs is 2. The molecule has 1 unspecified atom stereocenters. The number of ketones is 1. The zero-order valence-electron chi connectivity index (χ0n) is 26.1. The second kappa shape index (κ2) is 13.1. The third kappa shape index (κ3) is 5.52. The average Bonchev–Trinajstić information content (AvgIpc) is 3.83. The number of furan rings is 1. The Labute approximate surface area is 283 Å². The first-order valence-electron chi connectivity index (χ1n) is 15.0. The second-order valence-electron chi connectivity index (χ2n) is 10.8. The van der Waals surface area contributed by atoms with E-state index in [1.54, 1.807) is 42.5 Å². The fourth-order valence-corrected chi connectivity index (χ4v) is 7.71. The lowest BCUT2D eigenvalue weighted by atomic mass is 9.95. The molecule has 10 nitrogen and oxygen atoms in total. The van der Waals surface area contributed by atoms with Crippen LogP contribution in [-0.4, -0.2) is 47.8 Å². The Bertz CT molecular complexity index is 2220. The molecular formula is C36H29N3O7S2. The lowest BCUT2D eigenvalue weighted by Gasteiger charge is -2.24. The van der Waals surface area contributed by atoms with Crippen LogP contribution >= 0.6 is 23.1 Å². The molecule has 0 saturated carbocycles. The van der Waals surface area contributed by atoms with E-state index in [9.17, 15) is 14.7 Å². The van der Waals surface area contributed by atoms with E-state index >= 15 is 0 Å². The minimum atomic E-state index is -1.08. The number of ether oxygens (including phenoxy) is 3. The van der Waals surface area contributed by atoms with Crippen molar-refractivity contribution in [2.45, 2.75) is 23.1 Å². The SMILES string of the molecule is CCOc1ccc(C2C(C(=O)c3cc4cccc(OC)c4o3)=C(O)C(=O)N2c2nnc(SCc3cccc4ccccc34)s2)cc1OC. The largest absolute Gasteiger partial charge is 0.503 e. The van der Waals surface area contributed by atoms with Crippen molar-refractivity contribution in [1.29, 1.82) is 0 Å². The van der Waals surface area contributed by atoms with Crippen LogP contribution < -0.4 is 19.1 Å². The van der Waals surface area contributed by atoms with E-state index in [1.165, 1.54) is 42.2 Å². The number of benzene rings is 4. The first-order chi connectivity index (χ1) is 23.4. The maximum absolute atomic E-state index is 14.2. The van der Waals surface area contributed by atoms with Gasteiger partial charge in [0.2, 0.25) is 10.9 Å². The molecule has 1 aliphatic heterocycles. The van der Waals surface area contributed by atoms with Crippen LogP contribution in [0.5, 0.6) is 17.2 Å². The van der Waals surface area contributed by atoms with Gasteiger partial charge >= 0.3 is 0 Å². The van der Waals surface area contributed by atoms with E-state index in [-0.39, 0.29) is 16.5 Å². The molecule has 48 heavy (non-hydrogen) atoms. The third-order valence-corrected chi connectivity index (χ3v) is 10.1. The van der Waals surface area contributed by atoms with Gasteiger partial charge in [-0.3, -0.25) is 14.5 Å². The quantitative estimate of drug-likeness (QED) is 0.0820. The number of anilines is 1. The molecule has 4 aromatic carbocycles. The normalized spacial score (nSPS) is 14.7. The highest BCUT2D eigenvalue weighted by Gasteiger charge is 2.47. The van der Waals surface area contributed by atoms with Gasteiger partial charge < -0.3 is 23.7 Å². The number of hydrogen-bond donors (Lipinski definition) is 1. The Balaban J connectivity index is 1.27. The predicted molar refractivity (Wildman–Crippen MR) is 185 cm³/mol. The number of nitrogens with zero attached hydrogens (tertiary/aromatic N) is 3. The van der Waals surface area contributed by atoms with Crippen LogP contribution in [0.4, 0.5) is 5.13 Å². The van der Waals surface area contributed by atoms with Crippen molar-refractivity contribution in [3.8, 4) is 17.2 Å². The summed E-state index contributed by atoms with van der Waals surface area (Å²) in [5.41, 5.74) is 1.84. The lowest BCUT2D eigenvalue weighted by Crippen LogP contribution is -2.31. The Hall–Kier alpha value is -5.33. The number of Topliss-reactive ketones (excluding diaryl/α,β-unsaturated/α-hetero) is 1. The monoisotopic (exact) mass is 679 g/mol. The van der Waals surface area contributed by atoms with Gasteiger partial charge in [0.1, 0.15) is 0 Å². The molecule has 1 atom stereocenters. The summed E-state index contributed by atoms with van der Waals surface area (Å²) in [6.45, 7) is 2.27. The molecule has 12 heteroatoms. The Kier molecular flexibility index (Phi) is 8.50. The number of rotatable bonds is 11. The zero-order chi connectivity index (χ0) is 33.4. The first-order valence-corrected chi connectivity index (χ1v) is 16.8. The van der Waals surface area contributed by atoms with Crippen molar-refractivity contribution < 1.29 is 33.3 Å². The third-order valence-electron chi connectivity index (χ3n) is 8.04. The molecule has 0 saturated heterocycles. The molecule has 0 aliphatic carbocycles. The zero-order valence-corrected chi connectivity index (χ0v) is 27.8. The highest BCUT2D eigenvalue weighted by Crippen LogP contribution is 2.46. The minimum Gasteiger partial charge on any atom is -0.503 e. The number of aromatic nitrogens is 2. The van der Waals surface area contributed by atoms with Crippen LogP contribution in [0.2, 0.25) is 0 Å². The molecule has 7 rings (SSSR count). The molecular weight excluding hydrogens is 651 g/mol. The lowest BCUT2D eigenvalue weighted by molar-refractivity contribution is -0.117. The van der Waals surface area contributed by atoms with E-state index in [4.69, 9.17) is 18.6 Å². The van der Waals surface area contributed by atoms with Crippen LogP contribution in [0.3, 0.4) is 0 Å². The highest BCUT2D eigenvalue weighted by atomic mass is 32.2. The number of amides is 1. The summed E-state index contributed by atoms with van der Waals surface area (Å²) in [6.07, 6.45) is 0. The van der Waals surface area contributed by atoms with Gasteiger partial charge in [0, 0.05) is 11.1 Å². The summed E-state index contributed by atoms with van der Waals surface area (Å²) in [5, 5.41) is 23.2. The van der Waals surface area contributed by atoms with Gasteiger partial charge in [-0.25, -0.2) is 0 Å². The molecule has 0 radical (unpaired) electrons. The predicted octanol–water partition coefficient (Wildman–Crippen LogP) is 7.93. The van der Waals surface area contributed by atoms with E-state index in [0.29, 0.717) is 50.5 Å². The fourth-order valence-electron chi connectivity index (χ4n) is 5.84.